The lowest BCUT2D eigenvalue weighted by molar-refractivity contribution is 0.209. The van der Waals surface area contributed by atoms with E-state index in [-0.39, 0.29) is 17.9 Å². The minimum Gasteiger partial charge on any atom is -0.324 e. The topological polar surface area (TPSA) is 29.3 Å². The molecule has 0 radical (unpaired) electrons. The van der Waals surface area contributed by atoms with Gasteiger partial charge in [-0.1, -0.05) is 15.9 Å². The molecular formula is C14H22BrClN2. The van der Waals surface area contributed by atoms with Gasteiger partial charge in [0.25, 0.3) is 0 Å². The zero-order chi connectivity index (χ0) is 12.6. The van der Waals surface area contributed by atoms with Gasteiger partial charge in [0.05, 0.1) is 0 Å². The summed E-state index contributed by atoms with van der Waals surface area (Å²) in [4.78, 5) is 2.46. The van der Waals surface area contributed by atoms with E-state index in [1.54, 1.807) is 0 Å². The summed E-state index contributed by atoms with van der Waals surface area (Å²) >= 11 is 3.57. The maximum atomic E-state index is 6.10. The molecule has 1 aromatic carbocycles. The number of fused-ring (bicyclic) bond motifs is 1. The Bertz CT molecular complexity index is 427. The maximum Gasteiger partial charge on any atom is 0.0240 e. The van der Waals surface area contributed by atoms with Gasteiger partial charge in [-0.15, -0.1) is 12.4 Å². The fraction of sp³-hybridized carbons (Fsp3) is 0.571. The third kappa shape index (κ3) is 3.95. The molecule has 1 aliphatic rings. The van der Waals surface area contributed by atoms with Crippen LogP contribution in [-0.4, -0.2) is 23.5 Å². The van der Waals surface area contributed by atoms with E-state index in [1.165, 1.54) is 21.2 Å². The Kier molecular flexibility index (Phi) is 5.24. The molecule has 1 aliphatic heterocycles. The van der Waals surface area contributed by atoms with Gasteiger partial charge in [0.2, 0.25) is 0 Å². The molecule has 4 heteroatoms. The van der Waals surface area contributed by atoms with Crippen LogP contribution in [0.5, 0.6) is 0 Å². The molecule has 0 fully saturated rings. The smallest absolute Gasteiger partial charge is 0.0240 e. The largest absolute Gasteiger partial charge is 0.324 e. The van der Waals surface area contributed by atoms with Crippen molar-refractivity contribution >= 4 is 28.3 Å². The zero-order valence-corrected chi connectivity index (χ0v) is 13.7. The summed E-state index contributed by atoms with van der Waals surface area (Å²) in [6.45, 7) is 9.50. The Morgan fingerprint density at radius 1 is 1.39 bits per heavy atom. The molecular weight excluding hydrogens is 312 g/mol. The molecule has 18 heavy (non-hydrogen) atoms. The van der Waals surface area contributed by atoms with Crippen LogP contribution in [0, 0.1) is 6.92 Å². The summed E-state index contributed by atoms with van der Waals surface area (Å²) in [6, 6.07) is 4.46. The quantitative estimate of drug-likeness (QED) is 0.900. The van der Waals surface area contributed by atoms with Gasteiger partial charge in [-0.25, -0.2) is 0 Å². The van der Waals surface area contributed by atoms with Crippen LogP contribution < -0.4 is 5.73 Å². The number of nitrogens with zero attached hydrogens (tertiary/aromatic N) is 1. The number of hydrogen-bond donors (Lipinski definition) is 1. The molecule has 0 amide bonds. The number of halogens is 2. The Morgan fingerprint density at radius 2 is 2.06 bits per heavy atom. The van der Waals surface area contributed by atoms with Gasteiger partial charge in [-0.05, 0) is 56.0 Å². The van der Waals surface area contributed by atoms with Crippen molar-refractivity contribution in [1.29, 1.82) is 0 Å². The van der Waals surface area contributed by atoms with Crippen LogP contribution in [0.2, 0.25) is 0 Å². The third-order valence-corrected chi connectivity index (χ3v) is 3.70. The molecule has 102 valence electrons. The lowest BCUT2D eigenvalue weighted by atomic mass is 9.94. The summed E-state index contributed by atoms with van der Waals surface area (Å²) in [5.74, 6) is 0. The van der Waals surface area contributed by atoms with Crippen molar-refractivity contribution in [3.8, 4) is 0 Å². The third-order valence-electron chi connectivity index (χ3n) is 3.24. The van der Waals surface area contributed by atoms with E-state index in [0.717, 1.165) is 26.1 Å². The Morgan fingerprint density at radius 3 is 2.67 bits per heavy atom. The Hall–Kier alpha value is -0.0900. The highest BCUT2D eigenvalue weighted by atomic mass is 79.9. The highest BCUT2D eigenvalue weighted by Crippen LogP contribution is 2.26. The molecule has 1 aromatic rings. The number of hydrogen-bond acceptors (Lipinski definition) is 2. The molecule has 1 heterocycles. The van der Waals surface area contributed by atoms with Gasteiger partial charge >= 0.3 is 0 Å². The molecule has 2 N–H and O–H groups in total. The zero-order valence-electron chi connectivity index (χ0n) is 11.3. The molecule has 0 bridgehead atoms. The van der Waals surface area contributed by atoms with Crippen molar-refractivity contribution in [2.24, 2.45) is 5.73 Å². The number of rotatable bonds is 2. The molecule has 0 saturated carbocycles. The van der Waals surface area contributed by atoms with Crippen molar-refractivity contribution in [3.63, 3.8) is 0 Å². The van der Waals surface area contributed by atoms with Crippen molar-refractivity contribution in [2.45, 2.75) is 39.3 Å². The SMILES string of the molecule is Cc1cc(Br)cc2c1CN(CC(C)(C)N)CC2.Cl. The highest BCUT2D eigenvalue weighted by molar-refractivity contribution is 9.10. The predicted molar refractivity (Wildman–Crippen MR) is 83.4 cm³/mol. The highest BCUT2D eigenvalue weighted by Gasteiger charge is 2.22. The lowest BCUT2D eigenvalue weighted by Crippen LogP contribution is -2.46. The summed E-state index contributed by atoms with van der Waals surface area (Å²) in [5.41, 5.74) is 10.4. The van der Waals surface area contributed by atoms with E-state index in [9.17, 15) is 0 Å². The van der Waals surface area contributed by atoms with Crippen molar-refractivity contribution in [1.82, 2.24) is 4.90 Å². The predicted octanol–water partition coefficient (Wildman–Crippen LogP) is 3.27. The summed E-state index contributed by atoms with van der Waals surface area (Å²) in [7, 11) is 0. The molecule has 2 nitrogen and oxygen atoms in total. The van der Waals surface area contributed by atoms with E-state index < -0.39 is 0 Å². The van der Waals surface area contributed by atoms with Gasteiger partial charge in [0.15, 0.2) is 0 Å². The van der Waals surface area contributed by atoms with E-state index in [2.05, 4.69) is 53.7 Å². The first-order valence-corrected chi connectivity index (χ1v) is 6.93. The van der Waals surface area contributed by atoms with Gasteiger partial charge in [0.1, 0.15) is 0 Å². The summed E-state index contributed by atoms with van der Waals surface area (Å²) in [6.07, 6.45) is 1.13. The van der Waals surface area contributed by atoms with E-state index >= 15 is 0 Å². The average molecular weight is 334 g/mol. The van der Waals surface area contributed by atoms with Crippen LogP contribution in [-0.2, 0) is 13.0 Å². The van der Waals surface area contributed by atoms with Crippen molar-refractivity contribution in [2.75, 3.05) is 13.1 Å². The fourth-order valence-corrected chi connectivity index (χ4v) is 3.20. The van der Waals surface area contributed by atoms with E-state index in [4.69, 9.17) is 5.73 Å². The first-order chi connectivity index (χ1) is 7.85. The Balaban J connectivity index is 0.00000162. The monoisotopic (exact) mass is 332 g/mol. The molecule has 0 saturated heterocycles. The minimum atomic E-state index is -0.110. The fourth-order valence-electron chi connectivity index (χ4n) is 2.58. The molecule has 0 aromatic heterocycles. The second-order valence-corrected chi connectivity index (χ2v) is 6.73. The van der Waals surface area contributed by atoms with Crippen LogP contribution in [0.1, 0.15) is 30.5 Å². The van der Waals surface area contributed by atoms with Crippen LogP contribution >= 0.6 is 28.3 Å². The van der Waals surface area contributed by atoms with Crippen molar-refractivity contribution < 1.29 is 0 Å². The first kappa shape index (κ1) is 16.0. The molecule has 2 rings (SSSR count). The standard InChI is InChI=1S/C14H21BrN2.ClH/c1-10-6-12(15)7-11-4-5-17(8-13(10)11)9-14(2,3)16;/h6-7H,4-5,8-9,16H2,1-3H3;1H. The normalized spacial score (nSPS) is 16.1. The summed E-state index contributed by atoms with van der Waals surface area (Å²) < 4.78 is 1.20. The number of nitrogens with two attached hydrogens (primary N) is 1. The Labute approximate surface area is 124 Å². The van der Waals surface area contributed by atoms with Gasteiger partial charge in [-0.3, -0.25) is 4.90 Å². The van der Waals surface area contributed by atoms with Crippen LogP contribution in [0.3, 0.4) is 0 Å². The van der Waals surface area contributed by atoms with Gasteiger partial charge in [-0.2, -0.15) is 0 Å². The number of aryl methyl sites for hydroxylation is 1. The van der Waals surface area contributed by atoms with E-state index in [0.29, 0.717) is 0 Å². The molecule has 0 aliphatic carbocycles. The second-order valence-electron chi connectivity index (χ2n) is 5.81. The second kappa shape index (κ2) is 5.91. The average Bonchev–Trinajstić information content (AvgIpc) is 2.16. The molecule has 0 unspecified atom stereocenters. The van der Waals surface area contributed by atoms with Crippen molar-refractivity contribution in [3.05, 3.63) is 33.3 Å². The van der Waals surface area contributed by atoms with Gasteiger partial charge < -0.3 is 5.73 Å². The molecule has 0 spiro atoms. The molecule has 0 atom stereocenters. The minimum absolute atomic E-state index is 0. The van der Waals surface area contributed by atoms with Crippen LogP contribution in [0.4, 0.5) is 0 Å². The lowest BCUT2D eigenvalue weighted by Gasteiger charge is -2.34. The number of benzene rings is 1. The van der Waals surface area contributed by atoms with Gasteiger partial charge in [0, 0.05) is 29.6 Å². The maximum absolute atomic E-state index is 6.10. The summed E-state index contributed by atoms with van der Waals surface area (Å²) in [5, 5.41) is 0. The van der Waals surface area contributed by atoms with E-state index in [1.807, 2.05) is 0 Å². The van der Waals surface area contributed by atoms with Crippen LogP contribution in [0.15, 0.2) is 16.6 Å². The first-order valence-electron chi connectivity index (χ1n) is 6.14. The van der Waals surface area contributed by atoms with Crippen LogP contribution in [0.25, 0.3) is 0 Å².